The van der Waals surface area contributed by atoms with E-state index in [1.165, 1.54) is 19.0 Å². The summed E-state index contributed by atoms with van der Waals surface area (Å²) in [6.45, 7) is 3.48. The Balaban J connectivity index is 2.07. The van der Waals surface area contributed by atoms with E-state index in [2.05, 4.69) is 5.32 Å². The van der Waals surface area contributed by atoms with Crippen LogP contribution in [0.2, 0.25) is 5.02 Å². The van der Waals surface area contributed by atoms with Gasteiger partial charge in [-0.1, -0.05) is 79.2 Å². The third-order valence-electron chi connectivity index (χ3n) is 6.60. The van der Waals surface area contributed by atoms with Crippen LogP contribution < -0.4 is 9.62 Å². The number of halogens is 1. The Kier molecular flexibility index (Phi) is 11.1. The van der Waals surface area contributed by atoms with Crippen LogP contribution in [0.1, 0.15) is 31.4 Å². The molecule has 1 N–H and O–H groups in total. The summed E-state index contributed by atoms with van der Waals surface area (Å²) in [5, 5.41) is 3.57. The molecular weight excluding hydrogens is 548 g/mol. The molecule has 0 bridgehead atoms. The van der Waals surface area contributed by atoms with Gasteiger partial charge >= 0.3 is 10.2 Å². The Bertz CT molecular complexity index is 1350. The van der Waals surface area contributed by atoms with Gasteiger partial charge in [0.05, 0.1) is 5.69 Å². The first-order valence-electron chi connectivity index (χ1n) is 13.2. The number of para-hydroxylation sites is 1. The summed E-state index contributed by atoms with van der Waals surface area (Å²) in [5.41, 5.74) is 1.98. The van der Waals surface area contributed by atoms with Crippen LogP contribution in [-0.4, -0.2) is 62.2 Å². The second-order valence-corrected chi connectivity index (χ2v) is 12.3. The van der Waals surface area contributed by atoms with E-state index in [9.17, 15) is 18.0 Å². The molecule has 0 aliphatic heterocycles. The minimum absolute atomic E-state index is 0.0894. The molecule has 214 valence electrons. The third kappa shape index (κ3) is 8.30. The summed E-state index contributed by atoms with van der Waals surface area (Å²) in [5.74, 6) is -0.813. The van der Waals surface area contributed by atoms with Gasteiger partial charge in [0.2, 0.25) is 11.8 Å². The molecule has 3 aromatic carbocycles. The van der Waals surface area contributed by atoms with E-state index >= 15 is 0 Å². The number of carbonyl (C=O) groups is 2. The molecule has 0 radical (unpaired) electrons. The molecule has 0 aliphatic rings. The second kappa shape index (κ2) is 14.3. The molecule has 40 heavy (non-hydrogen) atoms. The standard InChI is InChI=1S/C30H37ClN4O4S/c1-5-23(2)32-30(37)28(20-24-12-8-6-9-13-24)34(21-25-16-18-26(31)19-17-25)29(36)22-35(40(38,39)33(3)4)27-14-10-7-11-15-27/h6-19,23,28H,5,20-22H2,1-4H3,(H,32,37). The Morgan fingerprint density at radius 1 is 0.875 bits per heavy atom. The predicted octanol–water partition coefficient (Wildman–Crippen LogP) is 4.51. The number of anilines is 1. The van der Waals surface area contributed by atoms with E-state index < -0.39 is 28.7 Å². The quantitative estimate of drug-likeness (QED) is 0.320. The average molecular weight is 585 g/mol. The fourth-order valence-corrected chi connectivity index (χ4v) is 5.27. The van der Waals surface area contributed by atoms with Gasteiger partial charge in [0.25, 0.3) is 0 Å². The minimum Gasteiger partial charge on any atom is -0.352 e. The number of amides is 2. The SMILES string of the molecule is CCC(C)NC(=O)C(Cc1ccccc1)N(Cc1ccc(Cl)cc1)C(=O)CN(c1ccccc1)S(=O)(=O)N(C)C. The van der Waals surface area contributed by atoms with Crippen molar-refractivity contribution >= 4 is 39.3 Å². The van der Waals surface area contributed by atoms with Gasteiger partial charge in [-0.15, -0.1) is 0 Å². The van der Waals surface area contributed by atoms with Crippen LogP contribution in [0.15, 0.2) is 84.9 Å². The van der Waals surface area contributed by atoms with Crippen molar-refractivity contribution in [3.8, 4) is 0 Å². The second-order valence-electron chi connectivity index (χ2n) is 9.80. The molecule has 2 atom stereocenters. The summed E-state index contributed by atoms with van der Waals surface area (Å²) < 4.78 is 28.8. The third-order valence-corrected chi connectivity index (χ3v) is 8.67. The highest BCUT2D eigenvalue weighted by molar-refractivity contribution is 7.90. The van der Waals surface area contributed by atoms with Gasteiger partial charge in [-0.25, -0.2) is 4.31 Å². The highest BCUT2D eigenvalue weighted by Crippen LogP contribution is 2.22. The van der Waals surface area contributed by atoms with E-state index in [4.69, 9.17) is 11.6 Å². The first-order chi connectivity index (χ1) is 19.0. The molecule has 0 saturated heterocycles. The zero-order chi connectivity index (χ0) is 29.3. The van der Waals surface area contributed by atoms with Crippen molar-refractivity contribution in [3.63, 3.8) is 0 Å². The number of nitrogens with zero attached hydrogens (tertiary/aromatic N) is 3. The summed E-state index contributed by atoms with van der Waals surface area (Å²) in [7, 11) is -1.19. The zero-order valence-corrected chi connectivity index (χ0v) is 24.9. The lowest BCUT2D eigenvalue weighted by Gasteiger charge is -2.35. The van der Waals surface area contributed by atoms with Crippen LogP contribution in [0.4, 0.5) is 5.69 Å². The van der Waals surface area contributed by atoms with Crippen LogP contribution in [0.3, 0.4) is 0 Å². The minimum atomic E-state index is -4.03. The van der Waals surface area contributed by atoms with E-state index in [-0.39, 0.29) is 24.9 Å². The molecule has 0 spiro atoms. The van der Waals surface area contributed by atoms with Gasteiger partial charge in [0.15, 0.2) is 0 Å². The molecule has 3 aromatic rings. The number of carbonyl (C=O) groups excluding carboxylic acids is 2. The maximum atomic E-state index is 14.2. The zero-order valence-electron chi connectivity index (χ0n) is 23.3. The lowest BCUT2D eigenvalue weighted by molar-refractivity contribution is -0.140. The molecule has 2 amide bonds. The van der Waals surface area contributed by atoms with Gasteiger partial charge in [0, 0.05) is 38.1 Å². The Morgan fingerprint density at radius 3 is 2.00 bits per heavy atom. The topological polar surface area (TPSA) is 90.0 Å². The maximum absolute atomic E-state index is 14.2. The molecule has 3 rings (SSSR count). The predicted molar refractivity (Wildman–Crippen MR) is 160 cm³/mol. The van der Waals surface area contributed by atoms with Crippen molar-refractivity contribution in [1.29, 1.82) is 0 Å². The molecule has 8 nitrogen and oxygen atoms in total. The van der Waals surface area contributed by atoms with Crippen LogP contribution >= 0.6 is 11.6 Å². The van der Waals surface area contributed by atoms with E-state index in [0.717, 1.165) is 26.2 Å². The average Bonchev–Trinajstić information content (AvgIpc) is 2.95. The van der Waals surface area contributed by atoms with Crippen molar-refractivity contribution in [3.05, 3.63) is 101 Å². The summed E-state index contributed by atoms with van der Waals surface area (Å²) in [6.07, 6.45) is 0.978. The lowest BCUT2D eigenvalue weighted by Crippen LogP contribution is -2.55. The highest BCUT2D eigenvalue weighted by atomic mass is 35.5. The molecule has 10 heteroatoms. The first kappa shape index (κ1) is 31.1. The molecular formula is C30H37ClN4O4S. The Labute approximate surface area is 242 Å². The molecule has 2 unspecified atom stereocenters. The van der Waals surface area contributed by atoms with Crippen molar-refractivity contribution in [2.24, 2.45) is 0 Å². The van der Waals surface area contributed by atoms with Crippen molar-refractivity contribution in [2.45, 2.75) is 45.3 Å². The van der Waals surface area contributed by atoms with Crippen molar-refractivity contribution in [2.75, 3.05) is 24.9 Å². The van der Waals surface area contributed by atoms with Crippen LogP contribution in [-0.2, 0) is 32.8 Å². The van der Waals surface area contributed by atoms with Gasteiger partial charge in [-0.3, -0.25) is 9.59 Å². The summed E-state index contributed by atoms with van der Waals surface area (Å²) in [4.78, 5) is 29.3. The largest absolute Gasteiger partial charge is 0.352 e. The maximum Gasteiger partial charge on any atom is 0.304 e. The highest BCUT2D eigenvalue weighted by Gasteiger charge is 2.35. The van der Waals surface area contributed by atoms with Gasteiger partial charge in [0.1, 0.15) is 12.6 Å². The molecule has 0 fully saturated rings. The van der Waals surface area contributed by atoms with Crippen LogP contribution in [0.25, 0.3) is 0 Å². The fourth-order valence-electron chi connectivity index (χ4n) is 4.09. The normalized spacial score (nSPS) is 12.9. The molecule has 0 aliphatic carbocycles. The van der Waals surface area contributed by atoms with Gasteiger partial charge in [-0.2, -0.15) is 12.7 Å². The Hall–Kier alpha value is -3.40. The smallest absolute Gasteiger partial charge is 0.304 e. The van der Waals surface area contributed by atoms with E-state index in [0.29, 0.717) is 10.7 Å². The number of hydrogen-bond donors (Lipinski definition) is 1. The summed E-state index contributed by atoms with van der Waals surface area (Å²) >= 11 is 6.10. The van der Waals surface area contributed by atoms with Crippen molar-refractivity contribution < 1.29 is 18.0 Å². The molecule has 0 heterocycles. The molecule has 0 saturated carbocycles. The number of benzene rings is 3. The first-order valence-corrected chi connectivity index (χ1v) is 14.9. The fraction of sp³-hybridized carbons (Fsp3) is 0.333. The monoisotopic (exact) mass is 584 g/mol. The number of nitrogens with one attached hydrogen (secondary N) is 1. The molecule has 0 aromatic heterocycles. The van der Waals surface area contributed by atoms with Crippen molar-refractivity contribution in [1.82, 2.24) is 14.5 Å². The van der Waals surface area contributed by atoms with Gasteiger partial charge in [-0.05, 0) is 48.7 Å². The summed E-state index contributed by atoms with van der Waals surface area (Å²) in [6, 6.07) is 23.9. The number of hydrogen-bond acceptors (Lipinski definition) is 4. The van der Waals surface area contributed by atoms with Gasteiger partial charge < -0.3 is 10.2 Å². The lowest BCUT2D eigenvalue weighted by atomic mass is 10.0. The van der Waals surface area contributed by atoms with Crippen LogP contribution in [0, 0.1) is 0 Å². The van der Waals surface area contributed by atoms with Crippen LogP contribution in [0.5, 0.6) is 0 Å². The Morgan fingerprint density at radius 2 is 1.45 bits per heavy atom. The van der Waals surface area contributed by atoms with E-state index in [1.807, 2.05) is 44.2 Å². The van der Waals surface area contributed by atoms with E-state index in [1.54, 1.807) is 54.6 Å². The number of rotatable bonds is 13.